The van der Waals surface area contributed by atoms with Gasteiger partial charge < -0.3 is 10.6 Å². The summed E-state index contributed by atoms with van der Waals surface area (Å²) < 4.78 is 2.00. The first-order valence-electron chi connectivity index (χ1n) is 8.24. The van der Waals surface area contributed by atoms with E-state index in [1.165, 1.54) is 0 Å². The highest BCUT2D eigenvalue weighted by atomic mass is 127. The normalized spacial score (nSPS) is 11.2. The fraction of sp³-hybridized carbons (Fsp3) is 0.278. The Kier molecular flexibility index (Phi) is 8.11. The van der Waals surface area contributed by atoms with E-state index in [4.69, 9.17) is 11.6 Å². The number of hydrogen-bond acceptors (Lipinski definition) is 3. The van der Waals surface area contributed by atoms with Gasteiger partial charge in [0.1, 0.15) is 5.82 Å². The minimum absolute atomic E-state index is 0. The molecule has 3 rings (SSSR count). The van der Waals surface area contributed by atoms with Crippen LogP contribution in [0.1, 0.15) is 11.4 Å². The molecule has 0 aliphatic heterocycles. The first-order valence-corrected chi connectivity index (χ1v) is 8.62. The monoisotopic (exact) mass is 484 g/mol. The Hall–Kier alpha value is -1.87. The molecule has 138 valence electrons. The fourth-order valence-electron chi connectivity index (χ4n) is 2.59. The molecule has 0 fully saturated rings. The minimum Gasteiger partial charge on any atom is -0.356 e. The maximum Gasteiger partial charge on any atom is 0.191 e. The molecule has 0 unspecified atom stereocenters. The maximum absolute atomic E-state index is 6.17. The number of aliphatic imine (C=N–C) groups is 1. The molecular weight excluding hydrogens is 463 g/mol. The first-order chi connectivity index (χ1) is 12.3. The zero-order valence-corrected chi connectivity index (χ0v) is 17.6. The van der Waals surface area contributed by atoms with Crippen LogP contribution in [0, 0.1) is 0 Å². The van der Waals surface area contributed by atoms with E-state index < -0.39 is 0 Å². The molecule has 0 saturated heterocycles. The van der Waals surface area contributed by atoms with Gasteiger partial charge in [0.15, 0.2) is 11.6 Å². The molecular formula is C18H22ClIN6. The lowest BCUT2D eigenvalue weighted by atomic mass is 10.1. The lowest BCUT2D eigenvalue weighted by Crippen LogP contribution is -2.39. The Morgan fingerprint density at radius 2 is 1.77 bits per heavy atom. The summed E-state index contributed by atoms with van der Waals surface area (Å²) in [5.41, 5.74) is 1.99. The molecule has 1 aromatic carbocycles. The number of nitrogens with zero attached hydrogens (tertiary/aromatic N) is 4. The van der Waals surface area contributed by atoms with Crippen molar-refractivity contribution in [2.24, 2.45) is 4.99 Å². The van der Waals surface area contributed by atoms with E-state index in [9.17, 15) is 0 Å². The van der Waals surface area contributed by atoms with Crippen molar-refractivity contribution in [2.45, 2.75) is 12.8 Å². The Morgan fingerprint density at radius 3 is 2.54 bits per heavy atom. The van der Waals surface area contributed by atoms with Gasteiger partial charge in [-0.05, 0) is 30.2 Å². The van der Waals surface area contributed by atoms with E-state index in [1.54, 1.807) is 7.05 Å². The second-order valence-electron chi connectivity index (χ2n) is 5.56. The SMILES string of the molecule is CN=C(NCCc1ccccc1Cl)NCCc1nnc2ccccn12.I. The Morgan fingerprint density at radius 1 is 1.04 bits per heavy atom. The molecule has 0 atom stereocenters. The van der Waals surface area contributed by atoms with E-state index in [2.05, 4.69) is 25.8 Å². The topological polar surface area (TPSA) is 66.6 Å². The van der Waals surface area contributed by atoms with Gasteiger partial charge in [0.25, 0.3) is 0 Å². The van der Waals surface area contributed by atoms with Crippen molar-refractivity contribution in [1.82, 2.24) is 25.2 Å². The molecule has 0 amide bonds. The van der Waals surface area contributed by atoms with Crippen molar-refractivity contribution < 1.29 is 0 Å². The Bertz CT molecular complexity index is 864. The number of halogens is 2. The van der Waals surface area contributed by atoms with Crippen LogP contribution in [-0.4, -0.2) is 40.7 Å². The molecule has 6 nitrogen and oxygen atoms in total. The quantitative estimate of drug-likeness (QED) is 0.321. The second-order valence-corrected chi connectivity index (χ2v) is 5.97. The van der Waals surface area contributed by atoms with Crippen LogP contribution in [0.3, 0.4) is 0 Å². The lowest BCUT2D eigenvalue weighted by Gasteiger charge is -2.12. The summed E-state index contributed by atoms with van der Waals surface area (Å²) >= 11 is 6.17. The second kappa shape index (κ2) is 10.3. The van der Waals surface area contributed by atoms with Gasteiger partial charge in [-0.3, -0.25) is 9.39 Å². The van der Waals surface area contributed by atoms with Gasteiger partial charge in [-0.25, -0.2) is 0 Å². The third-order valence-corrected chi connectivity index (χ3v) is 4.26. The number of benzene rings is 1. The van der Waals surface area contributed by atoms with Crippen molar-refractivity contribution >= 4 is 47.2 Å². The molecule has 0 saturated carbocycles. The number of nitrogens with one attached hydrogen (secondary N) is 2. The number of guanidine groups is 1. The molecule has 0 radical (unpaired) electrons. The lowest BCUT2D eigenvalue weighted by molar-refractivity contribution is 0.756. The molecule has 2 heterocycles. The highest BCUT2D eigenvalue weighted by Crippen LogP contribution is 2.14. The summed E-state index contributed by atoms with van der Waals surface area (Å²) in [6.07, 6.45) is 3.58. The molecule has 2 N–H and O–H groups in total. The van der Waals surface area contributed by atoms with Crippen LogP contribution in [0.4, 0.5) is 0 Å². The average Bonchev–Trinajstić information content (AvgIpc) is 3.05. The fourth-order valence-corrected chi connectivity index (χ4v) is 2.82. The number of aromatic nitrogens is 3. The number of pyridine rings is 1. The Labute approximate surface area is 175 Å². The number of fused-ring (bicyclic) bond motifs is 1. The van der Waals surface area contributed by atoms with E-state index in [-0.39, 0.29) is 24.0 Å². The van der Waals surface area contributed by atoms with E-state index in [0.29, 0.717) is 0 Å². The van der Waals surface area contributed by atoms with Gasteiger partial charge in [0.05, 0.1) is 0 Å². The van der Waals surface area contributed by atoms with Gasteiger partial charge in [0.2, 0.25) is 0 Å². The molecule has 26 heavy (non-hydrogen) atoms. The zero-order chi connectivity index (χ0) is 17.5. The highest BCUT2D eigenvalue weighted by molar-refractivity contribution is 14.0. The molecule has 0 spiro atoms. The molecule has 0 bridgehead atoms. The van der Waals surface area contributed by atoms with Gasteiger partial charge in [-0.1, -0.05) is 35.9 Å². The minimum atomic E-state index is 0. The first kappa shape index (κ1) is 20.4. The smallest absolute Gasteiger partial charge is 0.191 e. The summed E-state index contributed by atoms with van der Waals surface area (Å²) in [4.78, 5) is 4.24. The zero-order valence-electron chi connectivity index (χ0n) is 14.5. The van der Waals surface area contributed by atoms with Crippen LogP contribution in [0.15, 0.2) is 53.7 Å². The van der Waals surface area contributed by atoms with Crippen LogP contribution < -0.4 is 10.6 Å². The Balaban J connectivity index is 0.00000243. The summed E-state index contributed by atoms with van der Waals surface area (Å²) in [6, 6.07) is 13.8. The highest BCUT2D eigenvalue weighted by Gasteiger charge is 2.05. The van der Waals surface area contributed by atoms with E-state index in [0.717, 1.165) is 53.9 Å². The summed E-state index contributed by atoms with van der Waals surface area (Å²) in [7, 11) is 1.76. The predicted octanol–water partition coefficient (Wildman–Crippen LogP) is 2.95. The summed E-state index contributed by atoms with van der Waals surface area (Å²) in [6.45, 7) is 1.48. The maximum atomic E-state index is 6.17. The van der Waals surface area contributed by atoms with Crippen molar-refractivity contribution in [3.8, 4) is 0 Å². The summed E-state index contributed by atoms with van der Waals surface area (Å²) in [5.74, 6) is 1.69. The van der Waals surface area contributed by atoms with Crippen molar-refractivity contribution in [1.29, 1.82) is 0 Å². The number of hydrogen-bond donors (Lipinski definition) is 2. The van der Waals surface area contributed by atoms with Crippen LogP contribution in [0.25, 0.3) is 5.65 Å². The molecule has 8 heteroatoms. The van der Waals surface area contributed by atoms with Crippen LogP contribution in [0.2, 0.25) is 5.02 Å². The standard InChI is InChI=1S/C18H21ClN6.HI/c1-20-18(21-11-9-14-6-2-3-7-15(14)19)22-12-10-17-24-23-16-8-4-5-13-25(16)17;/h2-8,13H,9-12H2,1H3,(H2,20,21,22);1H. The summed E-state index contributed by atoms with van der Waals surface area (Å²) in [5, 5.41) is 15.8. The van der Waals surface area contributed by atoms with Crippen molar-refractivity contribution in [3.63, 3.8) is 0 Å². The van der Waals surface area contributed by atoms with Gasteiger partial charge in [-0.15, -0.1) is 34.2 Å². The molecule has 2 aromatic heterocycles. The van der Waals surface area contributed by atoms with Crippen LogP contribution in [-0.2, 0) is 12.8 Å². The molecule has 0 aliphatic rings. The van der Waals surface area contributed by atoms with Crippen LogP contribution >= 0.6 is 35.6 Å². The third-order valence-electron chi connectivity index (χ3n) is 3.89. The largest absolute Gasteiger partial charge is 0.356 e. The molecule has 3 aromatic rings. The van der Waals surface area contributed by atoms with Gasteiger partial charge >= 0.3 is 0 Å². The van der Waals surface area contributed by atoms with E-state index in [1.807, 2.05) is 53.1 Å². The van der Waals surface area contributed by atoms with Crippen LogP contribution in [0.5, 0.6) is 0 Å². The molecule has 0 aliphatic carbocycles. The predicted molar refractivity (Wildman–Crippen MR) is 117 cm³/mol. The van der Waals surface area contributed by atoms with Gasteiger partial charge in [0, 0.05) is 37.8 Å². The number of rotatable bonds is 6. The van der Waals surface area contributed by atoms with E-state index >= 15 is 0 Å². The average molecular weight is 485 g/mol. The van der Waals surface area contributed by atoms with Crippen molar-refractivity contribution in [3.05, 3.63) is 65.1 Å². The van der Waals surface area contributed by atoms with Gasteiger partial charge in [-0.2, -0.15) is 0 Å². The van der Waals surface area contributed by atoms with Crippen molar-refractivity contribution in [2.75, 3.05) is 20.1 Å². The third kappa shape index (κ3) is 5.31.